The van der Waals surface area contributed by atoms with Gasteiger partial charge in [0.2, 0.25) is 5.91 Å². The minimum absolute atomic E-state index is 0.107. The van der Waals surface area contributed by atoms with Gasteiger partial charge >= 0.3 is 5.97 Å². The zero-order chi connectivity index (χ0) is 17.5. The zero-order valence-electron chi connectivity index (χ0n) is 15.0. The van der Waals surface area contributed by atoms with E-state index < -0.39 is 0 Å². The van der Waals surface area contributed by atoms with Crippen LogP contribution in [0.25, 0.3) is 0 Å². The van der Waals surface area contributed by atoms with Gasteiger partial charge in [0.05, 0.1) is 19.4 Å². The van der Waals surface area contributed by atoms with Crippen molar-refractivity contribution in [2.45, 2.75) is 52.0 Å². The second kappa shape index (κ2) is 8.86. The van der Waals surface area contributed by atoms with E-state index in [1.54, 1.807) is 0 Å². The molecule has 3 unspecified atom stereocenters. The van der Waals surface area contributed by atoms with Crippen LogP contribution in [0.15, 0.2) is 30.3 Å². The molecule has 0 bridgehead atoms. The molecule has 0 saturated heterocycles. The summed E-state index contributed by atoms with van der Waals surface area (Å²) in [5.41, 5.74) is 1.02. The summed E-state index contributed by atoms with van der Waals surface area (Å²) in [5, 5.41) is 0. The predicted molar refractivity (Wildman–Crippen MR) is 94.5 cm³/mol. The number of esters is 1. The molecule has 0 heterocycles. The Kier molecular flexibility index (Phi) is 6.83. The summed E-state index contributed by atoms with van der Waals surface area (Å²) in [6.45, 7) is 4.49. The second-order valence-corrected chi connectivity index (χ2v) is 6.96. The Morgan fingerprint density at radius 1 is 1.21 bits per heavy atom. The van der Waals surface area contributed by atoms with Gasteiger partial charge in [-0.05, 0) is 24.3 Å². The van der Waals surface area contributed by atoms with Crippen molar-refractivity contribution in [1.82, 2.24) is 4.90 Å². The monoisotopic (exact) mass is 331 g/mol. The van der Waals surface area contributed by atoms with E-state index in [9.17, 15) is 9.59 Å². The van der Waals surface area contributed by atoms with E-state index in [1.807, 2.05) is 42.2 Å². The van der Waals surface area contributed by atoms with Crippen LogP contribution in [0.1, 0.15) is 45.1 Å². The lowest BCUT2D eigenvalue weighted by molar-refractivity contribution is -0.147. The normalized spacial score (nSPS) is 21.8. The first-order valence-electron chi connectivity index (χ1n) is 8.94. The highest BCUT2D eigenvalue weighted by molar-refractivity contribution is 5.80. The molecule has 1 aromatic carbocycles. The molecule has 0 aromatic heterocycles. The van der Waals surface area contributed by atoms with Crippen LogP contribution in [0, 0.1) is 11.8 Å². The third-order valence-corrected chi connectivity index (χ3v) is 5.06. The fourth-order valence-electron chi connectivity index (χ4n) is 3.62. The van der Waals surface area contributed by atoms with Crippen molar-refractivity contribution in [3.05, 3.63) is 35.9 Å². The molecule has 1 aliphatic carbocycles. The van der Waals surface area contributed by atoms with Crippen LogP contribution < -0.4 is 0 Å². The van der Waals surface area contributed by atoms with E-state index >= 15 is 0 Å². The van der Waals surface area contributed by atoms with Gasteiger partial charge in [-0.1, -0.05) is 57.0 Å². The Balaban J connectivity index is 2.14. The third kappa shape index (κ3) is 4.83. The Morgan fingerprint density at radius 2 is 1.88 bits per heavy atom. The Hall–Kier alpha value is -1.84. The van der Waals surface area contributed by atoms with Crippen LogP contribution in [0.3, 0.4) is 0 Å². The Bertz CT molecular complexity index is 543. The molecule has 1 fully saturated rings. The summed E-state index contributed by atoms with van der Waals surface area (Å²) >= 11 is 0. The summed E-state index contributed by atoms with van der Waals surface area (Å²) in [6.07, 6.45) is 4.93. The highest BCUT2D eigenvalue weighted by atomic mass is 16.5. The van der Waals surface area contributed by atoms with E-state index in [0.29, 0.717) is 18.9 Å². The van der Waals surface area contributed by atoms with Crippen molar-refractivity contribution in [2.75, 3.05) is 13.7 Å². The summed E-state index contributed by atoms with van der Waals surface area (Å²) < 4.78 is 4.85. The fourth-order valence-corrected chi connectivity index (χ4v) is 3.62. The standard InChI is InChI=1S/C20H29NO3/c1-15-9-7-8-12-18(15)21(14-16(2)20(23)24-3)19(22)13-17-10-5-4-6-11-17/h4-6,10-11,15-16,18H,7-9,12-14H2,1-3H3. The summed E-state index contributed by atoms with van der Waals surface area (Å²) in [5.74, 6) is 0.0267. The van der Waals surface area contributed by atoms with Crippen LogP contribution >= 0.6 is 0 Å². The Morgan fingerprint density at radius 3 is 2.50 bits per heavy atom. The van der Waals surface area contributed by atoms with E-state index in [1.165, 1.54) is 13.5 Å². The number of hydrogen-bond donors (Lipinski definition) is 0. The lowest BCUT2D eigenvalue weighted by atomic mass is 9.84. The minimum atomic E-state index is -0.302. The van der Waals surface area contributed by atoms with Crippen LogP contribution in [0.5, 0.6) is 0 Å². The lowest BCUT2D eigenvalue weighted by Crippen LogP contribution is -2.48. The van der Waals surface area contributed by atoms with E-state index in [4.69, 9.17) is 4.74 Å². The smallest absolute Gasteiger partial charge is 0.310 e. The first-order chi connectivity index (χ1) is 11.5. The molecule has 1 aliphatic rings. The molecule has 4 heteroatoms. The van der Waals surface area contributed by atoms with Crippen LogP contribution in [0.2, 0.25) is 0 Å². The maximum Gasteiger partial charge on any atom is 0.310 e. The maximum absolute atomic E-state index is 13.0. The van der Waals surface area contributed by atoms with Gasteiger partial charge in [-0.2, -0.15) is 0 Å². The van der Waals surface area contributed by atoms with Gasteiger partial charge < -0.3 is 9.64 Å². The number of carbonyl (C=O) groups is 2. The number of methoxy groups -OCH3 is 1. The number of amides is 1. The molecule has 0 spiro atoms. The molecule has 24 heavy (non-hydrogen) atoms. The lowest BCUT2D eigenvalue weighted by Gasteiger charge is -2.39. The molecule has 0 N–H and O–H groups in total. The highest BCUT2D eigenvalue weighted by Crippen LogP contribution is 2.29. The first-order valence-corrected chi connectivity index (χ1v) is 8.94. The fraction of sp³-hybridized carbons (Fsp3) is 0.600. The third-order valence-electron chi connectivity index (χ3n) is 5.06. The number of carbonyl (C=O) groups excluding carboxylic acids is 2. The van der Waals surface area contributed by atoms with Crippen molar-refractivity contribution in [2.24, 2.45) is 11.8 Å². The van der Waals surface area contributed by atoms with Gasteiger partial charge in [-0.25, -0.2) is 0 Å². The van der Waals surface area contributed by atoms with Crippen molar-refractivity contribution in [1.29, 1.82) is 0 Å². The minimum Gasteiger partial charge on any atom is -0.469 e. The molecule has 3 atom stereocenters. The summed E-state index contributed by atoms with van der Waals surface area (Å²) in [7, 11) is 1.40. The molecular weight excluding hydrogens is 302 g/mol. The van der Waals surface area contributed by atoms with Gasteiger partial charge in [0, 0.05) is 12.6 Å². The van der Waals surface area contributed by atoms with Gasteiger partial charge in [-0.15, -0.1) is 0 Å². The second-order valence-electron chi connectivity index (χ2n) is 6.96. The van der Waals surface area contributed by atoms with E-state index in [0.717, 1.165) is 24.8 Å². The summed E-state index contributed by atoms with van der Waals surface area (Å²) in [4.78, 5) is 26.8. The average molecular weight is 331 g/mol. The van der Waals surface area contributed by atoms with Gasteiger partial charge in [-0.3, -0.25) is 9.59 Å². The highest BCUT2D eigenvalue weighted by Gasteiger charge is 2.32. The molecule has 132 valence electrons. The maximum atomic E-state index is 13.0. The van der Waals surface area contributed by atoms with Gasteiger partial charge in [0.15, 0.2) is 0 Å². The van der Waals surface area contributed by atoms with Gasteiger partial charge in [0.1, 0.15) is 0 Å². The number of hydrogen-bond acceptors (Lipinski definition) is 3. The molecule has 1 saturated carbocycles. The quantitative estimate of drug-likeness (QED) is 0.750. The van der Waals surface area contributed by atoms with E-state index in [2.05, 4.69) is 6.92 Å². The molecule has 0 radical (unpaired) electrons. The van der Waals surface area contributed by atoms with Gasteiger partial charge in [0.25, 0.3) is 0 Å². The largest absolute Gasteiger partial charge is 0.469 e. The molecule has 1 aromatic rings. The molecule has 2 rings (SSSR count). The zero-order valence-corrected chi connectivity index (χ0v) is 15.0. The number of benzene rings is 1. The molecule has 1 amide bonds. The topological polar surface area (TPSA) is 46.6 Å². The van der Waals surface area contributed by atoms with Crippen LogP contribution in [-0.2, 0) is 20.7 Å². The average Bonchev–Trinajstić information content (AvgIpc) is 2.60. The summed E-state index contributed by atoms with van der Waals surface area (Å²) in [6, 6.07) is 10.0. The number of nitrogens with zero attached hydrogens (tertiary/aromatic N) is 1. The number of rotatable bonds is 6. The molecule has 0 aliphatic heterocycles. The van der Waals surface area contributed by atoms with Crippen molar-refractivity contribution >= 4 is 11.9 Å². The van der Waals surface area contributed by atoms with Crippen LogP contribution in [-0.4, -0.2) is 36.5 Å². The molecule has 4 nitrogen and oxygen atoms in total. The Labute approximate surface area is 145 Å². The van der Waals surface area contributed by atoms with Crippen molar-refractivity contribution in [3.63, 3.8) is 0 Å². The molecular formula is C20H29NO3. The van der Waals surface area contributed by atoms with Crippen molar-refractivity contribution in [3.8, 4) is 0 Å². The number of ether oxygens (including phenoxy) is 1. The van der Waals surface area contributed by atoms with Crippen LogP contribution in [0.4, 0.5) is 0 Å². The van der Waals surface area contributed by atoms with E-state index in [-0.39, 0.29) is 23.8 Å². The predicted octanol–water partition coefficient (Wildman–Crippen LogP) is 3.45. The van der Waals surface area contributed by atoms with Crippen molar-refractivity contribution < 1.29 is 14.3 Å². The first kappa shape index (κ1) is 18.5. The SMILES string of the molecule is COC(=O)C(C)CN(C(=O)Cc1ccccc1)C1CCCCC1C.